The maximum Gasteiger partial charge on any atom is 0.129 e. The third-order valence-electron chi connectivity index (χ3n) is 3.97. The molecule has 0 aliphatic carbocycles. The molecule has 5 heteroatoms. The van der Waals surface area contributed by atoms with Crippen LogP contribution in [0.2, 0.25) is 5.02 Å². The molecular formula is C15H19ClFNO2. The van der Waals surface area contributed by atoms with Crippen molar-refractivity contribution in [2.24, 2.45) is 0 Å². The summed E-state index contributed by atoms with van der Waals surface area (Å²) < 4.78 is 25.3. The predicted molar refractivity (Wildman–Crippen MR) is 75.4 cm³/mol. The van der Waals surface area contributed by atoms with Crippen LogP contribution in [0.3, 0.4) is 0 Å². The van der Waals surface area contributed by atoms with Gasteiger partial charge in [-0.1, -0.05) is 17.7 Å². The van der Waals surface area contributed by atoms with Gasteiger partial charge in [0.25, 0.3) is 0 Å². The van der Waals surface area contributed by atoms with E-state index in [9.17, 15) is 4.39 Å². The topological polar surface area (TPSA) is 21.7 Å². The minimum atomic E-state index is -0.238. The molecule has 0 radical (unpaired) electrons. The summed E-state index contributed by atoms with van der Waals surface area (Å²) in [5, 5.41) is 0.436. The minimum Gasteiger partial charge on any atom is -0.375 e. The van der Waals surface area contributed by atoms with Crippen LogP contribution >= 0.6 is 11.6 Å². The first-order valence-corrected chi connectivity index (χ1v) is 7.49. The van der Waals surface area contributed by atoms with Gasteiger partial charge in [0.2, 0.25) is 0 Å². The van der Waals surface area contributed by atoms with Crippen LogP contribution < -0.4 is 0 Å². The van der Waals surface area contributed by atoms with E-state index in [1.165, 1.54) is 6.07 Å². The van der Waals surface area contributed by atoms with Gasteiger partial charge in [0.05, 0.1) is 18.8 Å². The standard InChI is InChI=1S/C15H19ClFNO2/c16-12-4-3-11(13(17)8-12)9-18-5-7-20-15(10-18)14-2-1-6-19-14/h3-4,8,14-15H,1-2,5-7,9-10H2/t14-,15+/m1/s1. The number of rotatable bonds is 3. The molecule has 20 heavy (non-hydrogen) atoms. The first-order chi connectivity index (χ1) is 9.72. The molecule has 2 aliphatic rings. The van der Waals surface area contributed by atoms with Gasteiger partial charge in [-0.25, -0.2) is 4.39 Å². The first kappa shape index (κ1) is 14.3. The van der Waals surface area contributed by atoms with Crippen molar-refractivity contribution in [1.29, 1.82) is 0 Å². The minimum absolute atomic E-state index is 0.113. The zero-order valence-corrected chi connectivity index (χ0v) is 12.1. The molecular weight excluding hydrogens is 281 g/mol. The average molecular weight is 300 g/mol. The highest BCUT2D eigenvalue weighted by Crippen LogP contribution is 2.23. The fourth-order valence-electron chi connectivity index (χ4n) is 2.89. The monoisotopic (exact) mass is 299 g/mol. The summed E-state index contributed by atoms with van der Waals surface area (Å²) in [6.45, 7) is 3.73. The van der Waals surface area contributed by atoms with Crippen molar-refractivity contribution in [2.45, 2.75) is 31.6 Å². The molecule has 110 valence electrons. The predicted octanol–water partition coefficient (Wildman–Crippen LogP) is 2.86. The summed E-state index contributed by atoms with van der Waals surface area (Å²) >= 11 is 5.78. The lowest BCUT2D eigenvalue weighted by atomic mass is 10.1. The van der Waals surface area contributed by atoms with Crippen LogP contribution in [0.5, 0.6) is 0 Å². The third kappa shape index (κ3) is 3.31. The third-order valence-corrected chi connectivity index (χ3v) is 4.20. The molecule has 0 spiro atoms. The van der Waals surface area contributed by atoms with E-state index in [1.54, 1.807) is 12.1 Å². The Bertz CT molecular complexity index is 465. The maximum atomic E-state index is 13.8. The van der Waals surface area contributed by atoms with Crippen LogP contribution in [-0.2, 0) is 16.0 Å². The summed E-state index contributed by atoms with van der Waals surface area (Å²) in [7, 11) is 0. The number of halogens is 2. The van der Waals surface area contributed by atoms with Crippen LogP contribution in [0.15, 0.2) is 18.2 Å². The molecule has 2 heterocycles. The molecule has 2 atom stereocenters. The van der Waals surface area contributed by atoms with Gasteiger partial charge >= 0.3 is 0 Å². The summed E-state index contributed by atoms with van der Waals surface area (Å²) in [5.74, 6) is -0.238. The van der Waals surface area contributed by atoms with Gasteiger partial charge in [0.15, 0.2) is 0 Å². The van der Waals surface area contributed by atoms with E-state index in [0.717, 1.165) is 32.5 Å². The second-order valence-electron chi connectivity index (χ2n) is 5.43. The highest BCUT2D eigenvalue weighted by Gasteiger charge is 2.31. The summed E-state index contributed by atoms with van der Waals surface area (Å²) in [6.07, 6.45) is 2.49. The van der Waals surface area contributed by atoms with Gasteiger partial charge in [-0.3, -0.25) is 4.90 Å². The molecule has 1 aromatic carbocycles. The number of hydrogen-bond donors (Lipinski definition) is 0. The Kier molecular flexibility index (Phi) is 4.56. The molecule has 3 nitrogen and oxygen atoms in total. The molecule has 0 aromatic heterocycles. The van der Waals surface area contributed by atoms with Crippen molar-refractivity contribution in [2.75, 3.05) is 26.3 Å². The number of hydrogen-bond acceptors (Lipinski definition) is 3. The second-order valence-corrected chi connectivity index (χ2v) is 5.87. The van der Waals surface area contributed by atoms with Crippen molar-refractivity contribution < 1.29 is 13.9 Å². The van der Waals surface area contributed by atoms with Crippen LogP contribution in [-0.4, -0.2) is 43.4 Å². The van der Waals surface area contributed by atoms with Gasteiger partial charge in [-0.2, -0.15) is 0 Å². The van der Waals surface area contributed by atoms with E-state index < -0.39 is 0 Å². The Morgan fingerprint density at radius 3 is 2.85 bits per heavy atom. The number of nitrogens with zero attached hydrogens (tertiary/aromatic N) is 1. The molecule has 3 rings (SSSR count). The normalized spacial score (nSPS) is 27.9. The highest BCUT2D eigenvalue weighted by molar-refractivity contribution is 6.30. The fraction of sp³-hybridized carbons (Fsp3) is 0.600. The van der Waals surface area contributed by atoms with E-state index in [1.807, 2.05) is 0 Å². The molecule has 0 N–H and O–H groups in total. The number of morpholine rings is 1. The van der Waals surface area contributed by atoms with Gasteiger partial charge < -0.3 is 9.47 Å². The van der Waals surface area contributed by atoms with E-state index in [4.69, 9.17) is 21.1 Å². The molecule has 2 aliphatic heterocycles. The Labute approximate surface area is 123 Å². The SMILES string of the molecule is Fc1cc(Cl)ccc1CN1CCO[C@H]([C@H]2CCCO2)C1. The van der Waals surface area contributed by atoms with Crippen molar-refractivity contribution in [3.05, 3.63) is 34.6 Å². The molecule has 2 saturated heterocycles. The Balaban J connectivity index is 1.62. The summed E-state index contributed by atoms with van der Waals surface area (Å²) in [4.78, 5) is 2.22. The van der Waals surface area contributed by atoms with Crippen molar-refractivity contribution in [3.63, 3.8) is 0 Å². The molecule has 2 fully saturated rings. The first-order valence-electron chi connectivity index (χ1n) is 7.12. The Morgan fingerprint density at radius 1 is 1.25 bits per heavy atom. The van der Waals surface area contributed by atoms with Crippen molar-refractivity contribution >= 4 is 11.6 Å². The van der Waals surface area contributed by atoms with Crippen LogP contribution in [0.1, 0.15) is 18.4 Å². The molecule has 0 unspecified atom stereocenters. The van der Waals surface area contributed by atoms with Crippen molar-refractivity contribution in [3.8, 4) is 0 Å². The maximum absolute atomic E-state index is 13.8. The number of ether oxygens (including phenoxy) is 2. The van der Waals surface area contributed by atoms with Gasteiger partial charge in [-0.05, 0) is 25.0 Å². The smallest absolute Gasteiger partial charge is 0.129 e. The summed E-state index contributed by atoms with van der Waals surface area (Å²) in [6, 6.07) is 4.86. The number of benzene rings is 1. The average Bonchev–Trinajstić information content (AvgIpc) is 2.96. The van der Waals surface area contributed by atoms with Gasteiger partial charge in [-0.15, -0.1) is 0 Å². The van der Waals surface area contributed by atoms with E-state index in [-0.39, 0.29) is 18.0 Å². The molecule has 0 amide bonds. The largest absolute Gasteiger partial charge is 0.375 e. The fourth-order valence-corrected chi connectivity index (χ4v) is 3.05. The lowest BCUT2D eigenvalue weighted by Crippen LogP contribution is -2.47. The lowest BCUT2D eigenvalue weighted by molar-refractivity contribution is -0.0961. The van der Waals surface area contributed by atoms with E-state index >= 15 is 0 Å². The van der Waals surface area contributed by atoms with E-state index in [0.29, 0.717) is 23.7 Å². The summed E-state index contributed by atoms with van der Waals surface area (Å²) in [5.41, 5.74) is 0.683. The van der Waals surface area contributed by atoms with Crippen LogP contribution in [0, 0.1) is 5.82 Å². The highest BCUT2D eigenvalue weighted by atomic mass is 35.5. The zero-order valence-electron chi connectivity index (χ0n) is 11.4. The molecule has 0 saturated carbocycles. The van der Waals surface area contributed by atoms with E-state index in [2.05, 4.69) is 4.90 Å². The van der Waals surface area contributed by atoms with Gasteiger partial charge in [0.1, 0.15) is 5.82 Å². The Hall–Kier alpha value is -0.680. The quantitative estimate of drug-likeness (QED) is 0.857. The van der Waals surface area contributed by atoms with Crippen LogP contribution in [0.25, 0.3) is 0 Å². The molecule has 0 bridgehead atoms. The lowest BCUT2D eigenvalue weighted by Gasteiger charge is -2.35. The van der Waals surface area contributed by atoms with Crippen LogP contribution in [0.4, 0.5) is 4.39 Å². The second kappa shape index (κ2) is 6.39. The van der Waals surface area contributed by atoms with Crippen molar-refractivity contribution in [1.82, 2.24) is 4.90 Å². The molecule has 1 aromatic rings. The van der Waals surface area contributed by atoms with Gasteiger partial charge in [0, 0.05) is 36.8 Å². The zero-order chi connectivity index (χ0) is 13.9. The Morgan fingerprint density at radius 2 is 2.10 bits per heavy atom.